The predicted molar refractivity (Wildman–Crippen MR) is 118 cm³/mol. The van der Waals surface area contributed by atoms with Crippen molar-refractivity contribution in [2.24, 2.45) is 0 Å². The normalized spacial score (nSPS) is 14.2. The minimum Gasteiger partial charge on any atom is -0.452 e. The average molecular weight is 405 g/mol. The molecule has 1 aliphatic rings. The van der Waals surface area contributed by atoms with Gasteiger partial charge in [-0.1, -0.05) is 30.3 Å². The number of rotatable bonds is 7. The number of hydrogen-bond donors (Lipinski definition) is 2. The number of aromatic nitrogens is 1. The van der Waals surface area contributed by atoms with Gasteiger partial charge in [0.05, 0.1) is 5.56 Å². The first-order chi connectivity index (χ1) is 14.6. The lowest BCUT2D eigenvalue weighted by Crippen LogP contribution is -2.36. The fourth-order valence-corrected chi connectivity index (χ4v) is 4.16. The second kappa shape index (κ2) is 9.16. The number of fused-ring (bicyclic) bond motifs is 3. The summed E-state index contributed by atoms with van der Waals surface area (Å²) in [5, 5.41) is 4.00. The van der Waals surface area contributed by atoms with Crippen molar-refractivity contribution in [1.82, 2.24) is 10.3 Å². The molecular formula is C25H28N2O3. The molecule has 1 amide bonds. The number of aromatic amines is 1. The maximum absolute atomic E-state index is 12.5. The zero-order valence-corrected chi connectivity index (χ0v) is 17.4. The number of aryl methyl sites for hydroxylation is 3. The monoisotopic (exact) mass is 404 g/mol. The van der Waals surface area contributed by atoms with Crippen molar-refractivity contribution in [2.45, 2.75) is 51.5 Å². The molecule has 1 aliphatic carbocycles. The fraction of sp³-hybridized carbons (Fsp3) is 0.360. The molecule has 2 aromatic carbocycles. The summed E-state index contributed by atoms with van der Waals surface area (Å²) in [6, 6.07) is 15.8. The Bertz CT molecular complexity index is 1040. The van der Waals surface area contributed by atoms with Gasteiger partial charge >= 0.3 is 5.97 Å². The third-order valence-corrected chi connectivity index (χ3v) is 5.78. The van der Waals surface area contributed by atoms with Gasteiger partial charge in [0.2, 0.25) is 0 Å². The largest absolute Gasteiger partial charge is 0.452 e. The topological polar surface area (TPSA) is 71.2 Å². The summed E-state index contributed by atoms with van der Waals surface area (Å²) in [7, 11) is 0. The zero-order chi connectivity index (χ0) is 20.9. The molecule has 0 fully saturated rings. The number of amides is 1. The highest BCUT2D eigenvalue weighted by Gasteiger charge is 2.18. The lowest BCUT2D eigenvalue weighted by Gasteiger charge is -2.14. The number of carbonyl (C=O) groups excluding carboxylic acids is 2. The Morgan fingerprint density at radius 3 is 2.73 bits per heavy atom. The lowest BCUT2D eigenvalue weighted by atomic mass is 9.95. The standard InChI is InChI=1S/C25H28N2O3/c1-17(11-12-18-7-3-2-4-8-18)26-24(28)16-30-25(29)19-13-14-23-21(15-19)20-9-5-6-10-22(20)27-23/h2-4,7-8,13-15,17,27H,5-6,9-12,16H2,1H3,(H,26,28)/t17-/m0/s1. The van der Waals surface area contributed by atoms with Crippen molar-refractivity contribution in [3.63, 3.8) is 0 Å². The van der Waals surface area contributed by atoms with E-state index in [1.807, 2.05) is 37.3 Å². The molecule has 30 heavy (non-hydrogen) atoms. The molecule has 1 atom stereocenters. The first-order valence-electron chi connectivity index (χ1n) is 10.7. The number of ether oxygens (including phenoxy) is 1. The number of H-pyrrole nitrogens is 1. The molecule has 3 aromatic rings. The summed E-state index contributed by atoms with van der Waals surface area (Å²) in [5.74, 6) is -0.737. The summed E-state index contributed by atoms with van der Waals surface area (Å²) in [6.45, 7) is 1.70. The first kappa shape index (κ1) is 20.2. The zero-order valence-electron chi connectivity index (χ0n) is 17.4. The van der Waals surface area contributed by atoms with Crippen LogP contribution in [0.2, 0.25) is 0 Å². The van der Waals surface area contributed by atoms with E-state index < -0.39 is 5.97 Å². The average Bonchev–Trinajstić information content (AvgIpc) is 3.14. The van der Waals surface area contributed by atoms with Crippen LogP contribution >= 0.6 is 0 Å². The Labute approximate surface area is 176 Å². The Morgan fingerprint density at radius 2 is 1.90 bits per heavy atom. The fourth-order valence-electron chi connectivity index (χ4n) is 4.16. The van der Waals surface area contributed by atoms with Crippen molar-refractivity contribution < 1.29 is 14.3 Å². The van der Waals surface area contributed by atoms with Crippen LogP contribution in [0.3, 0.4) is 0 Å². The number of hydrogen-bond acceptors (Lipinski definition) is 3. The number of esters is 1. The van der Waals surface area contributed by atoms with Crippen molar-refractivity contribution in [2.75, 3.05) is 6.61 Å². The molecule has 156 valence electrons. The van der Waals surface area contributed by atoms with E-state index >= 15 is 0 Å². The van der Waals surface area contributed by atoms with Gasteiger partial charge in [0.25, 0.3) is 5.91 Å². The second-order valence-corrected chi connectivity index (χ2v) is 8.12. The maximum Gasteiger partial charge on any atom is 0.338 e. The third-order valence-electron chi connectivity index (χ3n) is 5.78. The van der Waals surface area contributed by atoms with Crippen LogP contribution in [0.4, 0.5) is 0 Å². The van der Waals surface area contributed by atoms with Gasteiger partial charge in [0.15, 0.2) is 6.61 Å². The van der Waals surface area contributed by atoms with Crippen molar-refractivity contribution in [3.05, 3.63) is 70.9 Å². The Hall–Kier alpha value is -3.08. The molecule has 2 N–H and O–H groups in total. The number of benzene rings is 2. The lowest BCUT2D eigenvalue weighted by molar-refractivity contribution is -0.124. The van der Waals surface area contributed by atoms with E-state index in [1.165, 1.54) is 29.7 Å². The summed E-state index contributed by atoms with van der Waals surface area (Å²) >= 11 is 0. The molecule has 0 unspecified atom stereocenters. The molecule has 0 bridgehead atoms. The minimum absolute atomic E-state index is 0.0131. The number of carbonyl (C=O) groups is 2. The minimum atomic E-state index is -0.463. The van der Waals surface area contributed by atoms with E-state index in [2.05, 4.69) is 22.4 Å². The Balaban J connectivity index is 1.29. The van der Waals surface area contributed by atoms with E-state index in [1.54, 1.807) is 6.07 Å². The molecule has 0 saturated carbocycles. The summed E-state index contributed by atoms with van der Waals surface area (Å²) in [6.07, 6.45) is 6.20. The smallest absolute Gasteiger partial charge is 0.338 e. The highest BCUT2D eigenvalue weighted by molar-refractivity contribution is 5.97. The van der Waals surface area contributed by atoms with Crippen molar-refractivity contribution in [3.8, 4) is 0 Å². The Morgan fingerprint density at radius 1 is 1.10 bits per heavy atom. The van der Waals surface area contributed by atoms with Gasteiger partial charge in [-0.05, 0) is 74.8 Å². The molecule has 0 spiro atoms. The predicted octanol–water partition coefficient (Wildman–Crippen LogP) is 4.34. The van der Waals surface area contributed by atoms with Crippen LogP contribution in [-0.2, 0) is 28.8 Å². The van der Waals surface area contributed by atoms with Gasteiger partial charge in [-0.3, -0.25) is 4.79 Å². The highest BCUT2D eigenvalue weighted by atomic mass is 16.5. The molecular weight excluding hydrogens is 376 g/mol. The van der Waals surface area contributed by atoms with Gasteiger partial charge in [0.1, 0.15) is 0 Å². The van der Waals surface area contributed by atoms with Gasteiger partial charge < -0.3 is 15.0 Å². The van der Waals surface area contributed by atoms with Crippen LogP contribution < -0.4 is 5.32 Å². The van der Waals surface area contributed by atoms with Crippen molar-refractivity contribution in [1.29, 1.82) is 0 Å². The molecule has 5 nitrogen and oxygen atoms in total. The molecule has 0 saturated heterocycles. The molecule has 5 heteroatoms. The van der Waals surface area contributed by atoms with Crippen LogP contribution in [0.25, 0.3) is 10.9 Å². The summed E-state index contributed by atoms with van der Waals surface area (Å²) in [5.41, 5.74) is 5.39. The summed E-state index contributed by atoms with van der Waals surface area (Å²) in [4.78, 5) is 28.1. The van der Waals surface area contributed by atoms with E-state index in [0.29, 0.717) is 5.56 Å². The first-order valence-corrected chi connectivity index (χ1v) is 10.7. The highest BCUT2D eigenvalue weighted by Crippen LogP contribution is 2.29. The van der Waals surface area contributed by atoms with E-state index in [-0.39, 0.29) is 18.6 Å². The number of nitrogens with one attached hydrogen (secondary N) is 2. The van der Waals surface area contributed by atoms with Crippen LogP contribution in [0.15, 0.2) is 48.5 Å². The molecule has 1 heterocycles. The third kappa shape index (κ3) is 4.73. The van der Waals surface area contributed by atoms with Gasteiger partial charge in [0, 0.05) is 22.6 Å². The van der Waals surface area contributed by atoms with Crippen LogP contribution in [-0.4, -0.2) is 29.5 Å². The molecule has 0 aliphatic heterocycles. The van der Waals surface area contributed by atoms with E-state index in [4.69, 9.17) is 4.74 Å². The molecule has 0 radical (unpaired) electrons. The SMILES string of the molecule is C[C@@H](CCc1ccccc1)NC(=O)COC(=O)c1ccc2[nH]c3c(c2c1)CCCC3. The Kier molecular flexibility index (Phi) is 6.17. The van der Waals surface area contributed by atoms with Crippen LogP contribution in [0.1, 0.15) is 53.4 Å². The van der Waals surface area contributed by atoms with Gasteiger partial charge in [-0.25, -0.2) is 4.79 Å². The van der Waals surface area contributed by atoms with E-state index in [9.17, 15) is 9.59 Å². The van der Waals surface area contributed by atoms with Gasteiger partial charge in [-0.15, -0.1) is 0 Å². The molecule has 1 aromatic heterocycles. The van der Waals surface area contributed by atoms with Crippen LogP contribution in [0.5, 0.6) is 0 Å². The van der Waals surface area contributed by atoms with Crippen LogP contribution in [0, 0.1) is 0 Å². The van der Waals surface area contributed by atoms with E-state index in [0.717, 1.165) is 36.6 Å². The second-order valence-electron chi connectivity index (χ2n) is 8.12. The quantitative estimate of drug-likeness (QED) is 0.576. The molecule has 4 rings (SSSR count). The van der Waals surface area contributed by atoms with Gasteiger partial charge in [-0.2, -0.15) is 0 Å². The maximum atomic E-state index is 12.5. The summed E-state index contributed by atoms with van der Waals surface area (Å²) < 4.78 is 5.26. The van der Waals surface area contributed by atoms with Crippen molar-refractivity contribution >= 4 is 22.8 Å².